The van der Waals surface area contributed by atoms with Gasteiger partial charge in [-0.25, -0.2) is 0 Å². The van der Waals surface area contributed by atoms with E-state index in [1.807, 2.05) is 12.1 Å². The molecule has 1 atom stereocenters. The first-order chi connectivity index (χ1) is 9.04. The summed E-state index contributed by atoms with van der Waals surface area (Å²) < 4.78 is 0. The van der Waals surface area contributed by atoms with Crippen molar-refractivity contribution in [2.24, 2.45) is 0 Å². The molecule has 104 valence electrons. The molecule has 1 unspecified atom stereocenters. The number of rotatable bonds is 1. The summed E-state index contributed by atoms with van der Waals surface area (Å²) in [5.74, 6) is 0. The van der Waals surface area contributed by atoms with E-state index in [-0.39, 0.29) is 0 Å². The largest absolute Gasteiger partial charge is 0.343 e. The lowest BCUT2D eigenvalue weighted by molar-refractivity contribution is -0.877. The Balaban J connectivity index is 2.00. The normalized spacial score (nSPS) is 19.9. The summed E-state index contributed by atoms with van der Waals surface area (Å²) >= 11 is 17.4. The molecule has 1 fully saturated rings. The van der Waals surface area contributed by atoms with E-state index in [0.717, 1.165) is 36.9 Å². The summed E-state index contributed by atoms with van der Waals surface area (Å²) in [4.78, 5) is 3.76. The first kappa shape index (κ1) is 14.9. The Labute approximate surface area is 129 Å². The lowest BCUT2D eigenvalue weighted by Gasteiger charge is -2.23. The molecule has 1 heterocycles. The Morgan fingerprint density at radius 1 is 1.21 bits per heavy atom. The number of likely N-dealkylation sites (N-methyl/N-ethyl adjacent to an activating group) is 1. The number of nitrogens with one attached hydrogen (secondary N) is 2. The summed E-state index contributed by atoms with van der Waals surface area (Å²) in [5, 5.41) is 5.18. The molecule has 2 rings (SSSR count). The number of anilines is 1. The molecule has 0 saturated carbocycles. The van der Waals surface area contributed by atoms with Crippen LogP contribution < -0.4 is 10.2 Å². The van der Waals surface area contributed by atoms with E-state index in [4.69, 9.17) is 35.4 Å². The van der Waals surface area contributed by atoms with Gasteiger partial charge in [0.1, 0.15) is 0 Å². The van der Waals surface area contributed by atoms with Crippen LogP contribution in [-0.4, -0.2) is 43.2 Å². The molecule has 0 spiro atoms. The van der Waals surface area contributed by atoms with Crippen molar-refractivity contribution in [2.75, 3.05) is 38.5 Å². The van der Waals surface area contributed by atoms with Gasteiger partial charge in [0.15, 0.2) is 5.11 Å². The molecule has 1 aliphatic heterocycles. The van der Waals surface area contributed by atoms with Gasteiger partial charge in [-0.05, 0) is 30.4 Å². The predicted octanol–water partition coefficient (Wildman–Crippen LogP) is 1.91. The molecule has 0 bridgehead atoms. The van der Waals surface area contributed by atoms with E-state index in [2.05, 4.69) is 17.3 Å². The summed E-state index contributed by atoms with van der Waals surface area (Å²) in [7, 11) is 2.22. The minimum absolute atomic E-state index is 0.609. The minimum Gasteiger partial charge on any atom is -0.343 e. The molecule has 1 aliphatic rings. The van der Waals surface area contributed by atoms with Crippen LogP contribution in [-0.2, 0) is 0 Å². The van der Waals surface area contributed by atoms with E-state index in [0.29, 0.717) is 10.0 Å². The highest BCUT2D eigenvalue weighted by Crippen LogP contribution is 2.22. The number of hydrogen-bond acceptors (Lipinski definition) is 1. The Hall–Kier alpha value is -0.550. The van der Waals surface area contributed by atoms with Crippen LogP contribution in [0.1, 0.15) is 6.42 Å². The Bertz CT molecular complexity index is 447. The number of halogens is 2. The molecular formula is C13H18Cl2N3S+. The van der Waals surface area contributed by atoms with Gasteiger partial charge in [0.25, 0.3) is 0 Å². The zero-order valence-corrected chi connectivity index (χ0v) is 13.2. The molecule has 1 saturated heterocycles. The van der Waals surface area contributed by atoms with Crippen molar-refractivity contribution in [3.8, 4) is 0 Å². The molecule has 1 aromatic rings. The van der Waals surface area contributed by atoms with Crippen LogP contribution in [0.5, 0.6) is 0 Å². The summed E-state index contributed by atoms with van der Waals surface area (Å²) in [6.07, 6.45) is 1.16. The number of thiocarbonyl (C=S) groups is 1. The van der Waals surface area contributed by atoms with Crippen molar-refractivity contribution in [1.29, 1.82) is 0 Å². The third-order valence-electron chi connectivity index (χ3n) is 3.24. The summed E-state index contributed by atoms with van der Waals surface area (Å²) in [6, 6.07) is 5.37. The average Bonchev–Trinajstić information content (AvgIpc) is 2.52. The van der Waals surface area contributed by atoms with Crippen molar-refractivity contribution in [3.63, 3.8) is 0 Å². The van der Waals surface area contributed by atoms with Crippen molar-refractivity contribution in [1.82, 2.24) is 4.90 Å². The zero-order chi connectivity index (χ0) is 13.8. The van der Waals surface area contributed by atoms with Crippen LogP contribution in [0.4, 0.5) is 5.69 Å². The van der Waals surface area contributed by atoms with E-state index < -0.39 is 0 Å². The van der Waals surface area contributed by atoms with E-state index in [1.54, 1.807) is 11.0 Å². The second-order valence-electron chi connectivity index (χ2n) is 4.89. The highest BCUT2D eigenvalue weighted by atomic mass is 35.5. The summed E-state index contributed by atoms with van der Waals surface area (Å²) in [5.41, 5.74) is 0.840. The third-order valence-corrected chi connectivity index (χ3v) is 4.04. The lowest BCUT2D eigenvalue weighted by atomic mass is 10.3. The first-order valence-corrected chi connectivity index (χ1v) is 7.54. The number of nitrogens with zero attached hydrogens (tertiary/aromatic N) is 1. The highest BCUT2D eigenvalue weighted by Gasteiger charge is 2.16. The molecule has 0 aliphatic carbocycles. The molecule has 1 aromatic carbocycles. The van der Waals surface area contributed by atoms with Gasteiger partial charge in [0.05, 0.1) is 26.7 Å². The molecule has 0 amide bonds. The molecule has 3 nitrogen and oxygen atoms in total. The van der Waals surface area contributed by atoms with Crippen LogP contribution in [0.25, 0.3) is 0 Å². The van der Waals surface area contributed by atoms with Crippen molar-refractivity contribution < 1.29 is 4.90 Å². The number of quaternary nitrogens is 1. The van der Waals surface area contributed by atoms with Crippen LogP contribution in [0.15, 0.2) is 18.2 Å². The van der Waals surface area contributed by atoms with Crippen molar-refractivity contribution in [3.05, 3.63) is 28.2 Å². The fourth-order valence-electron chi connectivity index (χ4n) is 2.17. The zero-order valence-electron chi connectivity index (χ0n) is 10.9. The van der Waals surface area contributed by atoms with E-state index in [1.165, 1.54) is 6.54 Å². The minimum atomic E-state index is 0.609. The molecule has 19 heavy (non-hydrogen) atoms. The Morgan fingerprint density at radius 3 is 2.58 bits per heavy atom. The molecule has 2 N–H and O–H groups in total. The lowest BCUT2D eigenvalue weighted by Crippen LogP contribution is -3.09. The monoisotopic (exact) mass is 318 g/mol. The second-order valence-corrected chi connectivity index (χ2v) is 6.15. The maximum atomic E-state index is 5.98. The quantitative estimate of drug-likeness (QED) is 0.772. The smallest absolute Gasteiger partial charge is 0.173 e. The second kappa shape index (κ2) is 6.75. The maximum absolute atomic E-state index is 5.98. The fourth-order valence-corrected chi connectivity index (χ4v) is 2.99. The Kier molecular flexibility index (Phi) is 5.28. The number of benzene rings is 1. The van der Waals surface area contributed by atoms with Gasteiger partial charge in [-0.2, -0.15) is 0 Å². The predicted molar refractivity (Wildman–Crippen MR) is 85.5 cm³/mol. The maximum Gasteiger partial charge on any atom is 0.173 e. The van der Waals surface area contributed by atoms with Gasteiger partial charge in [-0.3, -0.25) is 0 Å². The third kappa shape index (κ3) is 4.49. The standard InChI is InChI=1S/C13H17Cl2N3S/c1-17-3-2-4-18(6-5-17)13(19)16-12-8-10(14)7-11(15)9-12/h7-9H,2-6H2,1H3,(H,16,19)/p+1. The van der Waals surface area contributed by atoms with Gasteiger partial charge in [0, 0.05) is 28.7 Å². The molecular weight excluding hydrogens is 301 g/mol. The highest BCUT2D eigenvalue weighted by molar-refractivity contribution is 7.80. The SMILES string of the molecule is C[NH+]1CCCN(C(=S)Nc2cc(Cl)cc(Cl)c2)CC1. The fraction of sp³-hybridized carbons (Fsp3) is 0.462. The van der Waals surface area contributed by atoms with E-state index in [9.17, 15) is 0 Å². The molecule has 0 aromatic heterocycles. The first-order valence-electron chi connectivity index (χ1n) is 6.38. The number of hydrogen-bond donors (Lipinski definition) is 2. The van der Waals surface area contributed by atoms with Gasteiger partial charge >= 0.3 is 0 Å². The molecule has 6 heteroatoms. The topological polar surface area (TPSA) is 19.7 Å². The molecule has 0 radical (unpaired) electrons. The van der Waals surface area contributed by atoms with Gasteiger partial charge in [-0.15, -0.1) is 0 Å². The Morgan fingerprint density at radius 2 is 1.89 bits per heavy atom. The summed E-state index contributed by atoms with van der Waals surface area (Å²) in [6.45, 7) is 4.28. The van der Waals surface area contributed by atoms with Crippen molar-refractivity contribution >= 4 is 46.2 Å². The van der Waals surface area contributed by atoms with Crippen molar-refractivity contribution in [2.45, 2.75) is 6.42 Å². The van der Waals surface area contributed by atoms with Gasteiger partial charge in [-0.1, -0.05) is 23.2 Å². The average molecular weight is 319 g/mol. The van der Waals surface area contributed by atoms with E-state index >= 15 is 0 Å². The van der Waals surface area contributed by atoms with Gasteiger partial charge in [0.2, 0.25) is 0 Å². The van der Waals surface area contributed by atoms with Crippen LogP contribution in [0, 0.1) is 0 Å². The van der Waals surface area contributed by atoms with Crippen LogP contribution in [0.2, 0.25) is 10.0 Å². The van der Waals surface area contributed by atoms with Gasteiger partial charge < -0.3 is 15.1 Å². The van der Waals surface area contributed by atoms with Crippen LogP contribution in [0.3, 0.4) is 0 Å². The van der Waals surface area contributed by atoms with Crippen LogP contribution >= 0.6 is 35.4 Å².